The average molecular weight is 262 g/mol. The van der Waals surface area contributed by atoms with Gasteiger partial charge in [0.05, 0.1) is 18.4 Å². The van der Waals surface area contributed by atoms with Crippen molar-refractivity contribution in [3.05, 3.63) is 23.8 Å². The molecule has 0 spiro atoms. The van der Waals surface area contributed by atoms with Crippen LogP contribution in [0.5, 0.6) is 0 Å². The number of nitrogens with one attached hydrogen (secondary N) is 1. The molecule has 0 aromatic carbocycles. The van der Waals surface area contributed by atoms with Gasteiger partial charge in [-0.05, 0) is 33.3 Å². The van der Waals surface area contributed by atoms with Crippen molar-refractivity contribution in [1.29, 1.82) is 0 Å². The molecule has 0 aliphatic heterocycles. The number of hydrogen-bond acceptors (Lipinski definition) is 4. The van der Waals surface area contributed by atoms with E-state index in [2.05, 4.69) is 43.1 Å². The summed E-state index contributed by atoms with van der Waals surface area (Å²) in [5.41, 5.74) is 2.07. The highest BCUT2D eigenvalue weighted by Crippen LogP contribution is 2.21. The second kappa shape index (κ2) is 5.17. The molecule has 2 heterocycles. The van der Waals surface area contributed by atoms with Gasteiger partial charge >= 0.3 is 0 Å². The van der Waals surface area contributed by atoms with E-state index >= 15 is 0 Å². The number of nitrogens with zero attached hydrogens (tertiary/aromatic N) is 3. The Bertz CT molecular complexity index is 548. The lowest BCUT2D eigenvalue weighted by Crippen LogP contribution is -2.35. The molecular formula is C14H22N4O. The van der Waals surface area contributed by atoms with E-state index in [4.69, 9.17) is 4.42 Å². The molecule has 0 radical (unpaired) electrons. The monoisotopic (exact) mass is 262 g/mol. The Morgan fingerprint density at radius 1 is 1.37 bits per heavy atom. The fraction of sp³-hybridized carbons (Fsp3) is 0.571. The van der Waals surface area contributed by atoms with E-state index in [1.807, 2.05) is 17.8 Å². The molecule has 0 amide bonds. The molecule has 0 saturated heterocycles. The van der Waals surface area contributed by atoms with E-state index in [0.29, 0.717) is 12.4 Å². The highest BCUT2D eigenvalue weighted by atomic mass is 16.4. The summed E-state index contributed by atoms with van der Waals surface area (Å²) in [6.45, 7) is 9.07. The fourth-order valence-corrected chi connectivity index (χ4v) is 1.78. The highest BCUT2D eigenvalue weighted by Gasteiger charge is 2.14. The van der Waals surface area contributed by atoms with Gasteiger partial charge in [-0.1, -0.05) is 6.92 Å². The molecule has 2 rings (SSSR count). The van der Waals surface area contributed by atoms with Crippen LogP contribution in [0.15, 0.2) is 16.7 Å². The Morgan fingerprint density at radius 2 is 2.11 bits per heavy atom. The summed E-state index contributed by atoms with van der Waals surface area (Å²) >= 11 is 0. The topological polar surface area (TPSA) is 55.9 Å². The smallest absolute Gasteiger partial charge is 0.208 e. The molecule has 0 saturated carbocycles. The van der Waals surface area contributed by atoms with Crippen LogP contribution in [0.3, 0.4) is 0 Å². The number of oxazole rings is 1. The summed E-state index contributed by atoms with van der Waals surface area (Å²) in [6, 6.07) is 2.04. The predicted molar refractivity (Wildman–Crippen MR) is 74.7 cm³/mol. The molecule has 0 aliphatic carbocycles. The van der Waals surface area contributed by atoms with Crippen LogP contribution >= 0.6 is 0 Å². The van der Waals surface area contributed by atoms with Gasteiger partial charge in [-0.2, -0.15) is 5.10 Å². The summed E-state index contributed by atoms with van der Waals surface area (Å²) in [5, 5.41) is 7.77. The van der Waals surface area contributed by atoms with E-state index in [-0.39, 0.29) is 5.54 Å². The molecule has 2 aromatic heterocycles. The van der Waals surface area contributed by atoms with Crippen molar-refractivity contribution in [3.63, 3.8) is 0 Å². The summed E-state index contributed by atoms with van der Waals surface area (Å²) in [5.74, 6) is 1.46. The Kier molecular flexibility index (Phi) is 3.75. The van der Waals surface area contributed by atoms with E-state index in [0.717, 1.165) is 23.6 Å². The number of hydrogen-bond donors (Lipinski definition) is 1. The molecule has 0 aliphatic rings. The second-order valence-electron chi connectivity index (χ2n) is 5.72. The quantitative estimate of drug-likeness (QED) is 0.920. The highest BCUT2D eigenvalue weighted by molar-refractivity contribution is 5.51. The average Bonchev–Trinajstić information content (AvgIpc) is 2.91. The summed E-state index contributed by atoms with van der Waals surface area (Å²) < 4.78 is 7.60. The zero-order valence-electron chi connectivity index (χ0n) is 12.3. The van der Waals surface area contributed by atoms with Crippen LogP contribution in [0.2, 0.25) is 0 Å². The standard InChI is InChI=1S/C14H22N4O/c1-6-10-7-11(18(5)17-10)12-8-15-13(19-12)9-16-14(2,3)4/h7-8,16H,6,9H2,1-5H3. The molecular weight excluding hydrogens is 240 g/mol. The molecule has 104 valence electrons. The normalized spacial score (nSPS) is 12.1. The third kappa shape index (κ3) is 3.44. The van der Waals surface area contributed by atoms with Crippen LogP contribution in [-0.4, -0.2) is 20.3 Å². The van der Waals surface area contributed by atoms with Crippen LogP contribution in [0.25, 0.3) is 11.5 Å². The Balaban J connectivity index is 2.14. The second-order valence-corrected chi connectivity index (χ2v) is 5.72. The number of aryl methyl sites for hydroxylation is 2. The zero-order chi connectivity index (χ0) is 14.0. The van der Waals surface area contributed by atoms with Gasteiger partial charge in [0.2, 0.25) is 5.89 Å². The van der Waals surface area contributed by atoms with Crippen LogP contribution in [-0.2, 0) is 20.0 Å². The van der Waals surface area contributed by atoms with Gasteiger partial charge in [-0.25, -0.2) is 4.98 Å². The minimum Gasteiger partial charge on any atom is -0.438 e. The van der Waals surface area contributed by atoms with E-state index < -0.39 is 0 Å². The maximum Gasteiger partial charge on any atom is 0.208 e. The Labute approximate surface area is 114 Å². The van der Waals surface area contributed by atoms with Gasteiger partial charge in [-0.3, -0.25) is 4.68 Å². The van der Waals surface area contributed by atoms with Crippen molar-refractivity contribution in [2.75, 3.05) is 0 Å². The van der Waals surface area contributed by atoms with E-state index in [1.165, 1.54) is 0 Å². The van der Waals surface area contributed by atoms with Crippen molar-refractivity contribution < 1.29 is 4.42 Å². The molecule has 1 N–H and O–H groups in total. The molecule has 5 heteroatoms. The van der Waals surface area contributed by atoms with Gasteiger partial charge in [-0.15, -0.1) is 0 Å². The first-order valence-electron chi connectivity index (χ1n) is 6.62. The van der Waals surface area contributed by atoms with Crippen molar-refractivity contribution in [2.24, 2.45) is 7.05 Å². The third-order valence-corrected chi connectivity index (χ3v) is 2.87. The molecule has 0 atom stereocenters. The zero-order valence-corrected chi connectivity index (χ0v) is 12.3. The van der Waals surface area contributed by atoms with E-state index in [1.54, 1.807) is 6.20 Å². The molecule has 0 bridgehead atoms. The predicted octanol–water partition coefficient (Wildman–Crippen LogP) is 2.53. The van der Waals surface area contributed by atoms with Crippen LogP contribution in [0.4, 0.5) is 0 Å². The van der Waals surface area contributed by atoms with Gasteiger partial charge in [0.1, 0.15) is 5.69 Å². The Hall–Kier alpha value is -1.62. The summed E-state index contributed by atoms with van der Waals surface area (Å²) in [4.78, 5) is 4.30. The van der Waals surface area contributed by atoms with Gasteiger partial charge in [0.25, 0.3) is 0 Å². The molecule has 2 aromatic rings. The van der Waals surface area contributed by atoms with Gasteiger partial charge < -0.3 is 9.73 Å². The van der Waals surface area contributed by atoms with Crippen molar-refractivity contribution in [3.8, 4) is 11.5 Å². The van der Waals surface area contributed by atoms with Gasteiger partial charge in [0.15, 0.2) is 5.76 Å². The van der Waals surface area contributed by atoms with Crippen LogP contribution < -0.4 is 5.32 Å². The summed E-state index contributed by atoms with van der Waals surface area (Å²) in [6.07, 6.45) is 2.68. The molecule has 0 unspecified atom stereocenters. The van der Waals surface area contributed by atoms with Crippen molar-refractivity contribution >= 4 is 0 Å². The first-order valence-corrected chi connectivity index (χ1v) is 6.62. The maximum atomic E-state index is 5.77. The lowest BCUT2D eigenvalue weighted by atomic mass is 10.1. The van der Waals surface area contributed by atoms with Gasteiger partial charge in [0, 0.05) is 12.6 Å². The lowest BCUT2D eigenvalue weighted by Gasteiger charge is -2.18. The molecule has 19 heavy (non-hydrogen) atoms. The lowest BCUT2D eigenvalue weighted by molar-refractivity contribution is 0.383. The maximum absolute atomic E-state index is 5.77. The number of rotatable bonds is 4. The van der Waals surface area contributed by atoms with Crippen LogP contribution in [0, 0.1) is 0 Å². The van der Waals surface area contributed by atoms with Crippen LogP contribution in [0.1, 0.15) is 39.3 Å². The number of aromatic nitrogens is 3. The van der Waals surface area contributed by atoms with E-state index in [9.17, 15) is 0 Å². The first-order chi connectivity index (χ1) is 8.89. The SMILES string of the molecule is CCc1cc(-c2cnc(CNC(C)(C)C)o2)n(C)n1. The van der Waals surface area contributed by atoms with Crippen molar-refractivity contribution in [2.45, 2.75) is 46.2 Å². The molecule has 5 nitrogen and oxygen atoms in total. The molecule has 0 fully saturated rings. The van der Waals surface area contributed by atoms with Crippen molar-refractivity contribution in [1.82, 2.24) is 20.1 Å². The minimum atomic E-state index is 0.0521. The largest absolute Gasteiger partial charge is 0.438 e. The fourth-order valence-electron chi connectivity index (χ4n) is 1.78. The third-order valence-electron chi connectivity index (χ3n) is 2.87. The summed E-state index contributed by atoms with van der Waals surface area (Å²) in [7, 11) is 1.92. The Morgan fingerprint density at radius 3 is 2.68 bits per heavy atom. The minimum absolute atomic E-state index is 0.0521. The first kappa shape index (κ1) is 13.8.